The van der Waals surface area contributed by atoms with E-state index in [1.165, 1.54) is 30.0 Å². The zero-order valence-corrected chi connectivity index (χ0v) is 11.6. The summed E-state index contributed by atoms with van der Waals surface area (Å²) in [6, 6.07) is 7.47. The largest absolute Gasteiger partial charge is 0.507 e. The second-order valence-corrected chi connectivity index (χ2v) is 5.11. The number of pyridine rings is 1. The number of aromatic carboxylic acids is 1. The average molecular weight is 304 g/mol. The number of thioether (sulfide) groups is 1. The van der Waals surface area contributed by atoms with Crippen molar-refractivity contribution in [1.29, 1.82) is 0 Å². The molecule has 108 valence electrons. The van der Waals surface area contributed by atoms with Crippen molar-refractivity contribution in [2.75, 3.05) is 11.1 Å². The molecule has 0 atom stereocenters. The van der Waals surface area contributed by atoms with Gasteiger partial charge in [0, 0.05) is 23.0 Å². The number of amides is 1. The van der Waals surface area contributed by atoms with E-state index in [1.54, 1.807) is 24.5 Å². The first-order valence-electron chi connectivity index (χ1n) is 5.95. The molecule has 3 N–H and O–H groups in total. The molecule has 0 radical (unpaired) electrons. The van der Waals surface area contributed by atoms with Gasteiger partial charge in [0.2, 0.25) is 5.91 Å². The van der Waals surface area contributed by atoms with Crippen molar-refractivity contribution in [3.05, 3.63) is 48.3 Å². The summed E-state index contributed by atoms with van der Waals surface area (Å²) in [7, 11) is 0. The first kappa shape index (κ1) is 14.9. The molecule has 0 spiro atoms. The minimum absolute atomic E-state index is 0.188. The lowest BCUT2D eigenvalue weighted by atomic mass is 10.2. The van der Waals surface area contributed by atoms with Crippen LogP contribution in [0.3, 0.4) is 0 Å². The van der Waals surface area contributed by atoms with Gasteiger partial charge in [-0.1, -0.05) is 0 Å². The van der Waals surface area contributed by atoms with Gasteiger partial charge in [-0.2, -0.15) is 0 Å². The van der Waals surface area contributed by atoms with Gasteiger partial charge in [-0.05, 0) is 30.3 Å². The fraction of sp³-hybridized carbons (Fsp3) is 0.0714. The number of phenols is 1. The Balaban J connectivity index is 1.97. The minimum Gasteiger partial charge on any atom is -0.507 e. The normalized spacial score (nSPS) is 10.1. The molecule has 2 aromatic rings. The lowest BCUT2D eigenvalue weighted by Gasteiger charge is -2.07. The smallest absolute Gasteiger partial charge is 0.339 e. The Labute approximate surface area is 124 Å². The Morgan fingerprint density at radius 3 is 2.57 bits per heavy atom. The predicted octanol–water partition coefficient (Wildman–Crippen LogP) is 2.22. The van der Waals surface area contributed by atoms with E-state index in [1.807, 2.05) is 0 Å². The van der Waals surface area contributed by atoms with Gasteiger partial charge in [-0.25, -0.2) is 4.79 Å². The van der Waals surface area contributed by atoms with Crippen molar-refractivity contribution in [1.82, 2.24) is 4.98 Å². The van der Waals surface area contributed by atoms with E-state index in [-0.39, 0.29) is 23.0 Å². The van der Waals surface area contributed by atoms with Crippen LogP contribution in [0, 0.1) is 0 Å². The fourth-order valence-electron chi connectivity index (χ4n) is 1.57. The molecule has 0 fully saturated rings. The number of hydrogen-bond donors (Lipinski definition) is 3. The highest BCUT2D eigenvalue weighted by atomic mass is 32.2. The number of aromatic hydroxyl groups is 1. The quantitative estimate of drug-likeness (QED) is 0.578. The van der Waals surface area contributed by atoms with E-state index in [4.69, 9.17) is 5.11 Å². The highest BCUT2D eigenvalue weighted by Gasteiger charge is 2.11. The molecule has 7 heteroatoms. The monoisotopic (exact) mass is 304 g/mol. The van der Waals surface area contributed by atoms with Crippen molar-refractivity contribution >= 4 is 29.3 Å². The van der Waals surface area contributed by atoms with E-state index in [0.717, 1.165) is 4.90 Å². The van der Waals surface area contributed by atoms with Crippen LogP contribution in [0.4, 0.5) is 5.69 Å². The molecule has 0 unspecified atom stereocenters. The lowest BCUT2D eigenvalue weighted by Crippen LogP contribution is -2.14. The molecule has 1 amide bonds. The summed E-state index contributed by atoms with van der Waals surface area (Å²) in [5, 5.41) is 20.9. The molecule has 0 aliphatic carbocycles. The summed E-state index contributed by atoms with van der Waals surface area (Å²) in [5.74, 6) is -1.67. The zero-order chi connectivity index (χ0) is 15.2. The van der Waals surface area contributed by atoms with Crippen LogP contribution in [0.15, 0.2) is 47.6 Å². The number of anilines is 1. The predicted molar refractivity (Wildman–Crippen MR) is 78.7 cm³/mol. The minimum atomic E-state index is -1.25. The van der Waals surface area contributed by atoms with Crippen LogP contribution in [-0.4, -0.2) is 32.8 Å². The number of rotatable bonds is 5. The van der Waals surface area contributed by atoms with E-state index in [9.17, 15) is 14.7 Å². The number of carboxylic acid groups (broad SMARTS) is 1. The third-order valence-electron chi connectivity index (χ3n) is 2.53. The highest BCUT2D eigenvalue weighted by Crippen LogP contribution is 2.22. The van der Waals surface area contributed by atoms with Gasteiger partial charge in [0.25, 0.3) is 0 Å². The van der Waals surface area contributed by atoms with Crippen LogP contribution in [-0.2, 0) is 4.79 Å². The Morgan fingerprint density at radius 2 is 1.90 bits per heavy atom. The maximum Gasteiger partial charge on any atom is 0.339 e. The molecule has 0 saturated heterocycles. The van der Waals surface area contributed by atoms with Gasteiger partial charge >= 0.3 is 5.97 Å². The molecular weight excluding hydrogens is 292 g/mol. The number of nitrogens with zero attached hydrogens (tertiary/aromatic N) is 1. The van der Waals surface area contributed by atoms with Gasteiger partial charge in [-0.15, -0.1) is 11.8 Å². The van der Waals surface area contributed by atoms with Crippen molar-refractivity contribution < 1.29 is 19.8 Å². The Bertz CT molecular complexity index is 661. The van der Waals surface area contributed by atoms with Crippen molar-refractivity contribution in [2.24, 2.45) is 0 Å². The number of carbonyl (C=O) groups is 2. The zero-order valence-electron chi connectivity index (χ0n) is 10.8. The number of carboxylic acids is 1. The van der Waals surface area contributed by atoms with Crippen molar-refractivity contribution in [3.63, 3.8) is 0 Å². The van der Waals surface area contributed by atoms with Crippen LogP contribution in [0.1, 0.15) is 10.4 Å². The van der Waals surface area contributed by atoms with E-state index in [2.05, 4.69) is 10.3 Å². The average Bonchev–Trinajstić information content (AvgIpc) is 2.48. The molecule has 1 aromatic carbocycles. The van der Waals surface area contributed by atoms with Gasteiger partial charge < -0.3 is 15.5 Å². The number of carbonyl (C=O) groups excluding carboxylic acids is 1. The van der Waals surface area contributed by atoms with Crippen molar-refractivity contribution in [2.45, 2.75) is 4.90 Å². The van der Waals surface area contributed by atoms with Crippen LogP contribution >= 0.6 is 11.8 Å². The number of nitrogens with one attached hydrogen (secondary N) is 1. The molecule has 2 rings (SSSR count). The topological polar surface area (TPSA) is 99.5 Å². The van der Waals surface area contributed by atoms with Crippen LogP contribution in [0.25, 0.3) is 0 Å². The van der Waals surface area contributed by atoms with Crippen LogP contribution < -0.4 is 5.32 Å². The molecule has 0 bridgehead atoms. The van der Waals surface area contributed by atoms with Crippen LogP contribution in [0.5, 0.6) is 5.75 Å². The van der Waals surface area contributed by atoms with Gasteiger partial charge in [-0.3, -0.25) is 9.78 Å². The summed E-state index contributed by atoms with van der Waals surface area (Å²) in [6.45, 7) is 0. The fourth-order valence-corrected chi connectivity index (χ4v) is 2.25. The first-order chi connectivity index (χ1) is 10.1. The standard InChI is InChI=1S/C14H12N2O4S/c17-12-2-1-9(7-11(12)14(19)20)16-13(18)8-21-10-3-5-15-6-4-10/h1-7,17H,8H2,(H,16,18)(H,19,20). The molecule has 1 heterocycles. The highest BCUT2D eigenvalue weighted by molar-refractivity contribution is 8.00. The molecule has 0 aliphatic rings. The van der Waals surface area contributed by atoms with Gasteiger partial charge in [0.15, 0.2) is 0 Å². The molecule has 21 heavy (non-hydrogen) atoms. The molecule has 0 aliphatic heterocycles. The third-order valence-corrected chi connectivity index (χ3v) is 3.54. The molecule has 0 saturated carbocycles. The summed E-state index contributed by atoms with van der Waals surface area (Å²) in [4.78, 5) is 27.5. The summed E-state index contributed by atoms with van der Waals surface area (Å²) < 4.78 is 0. The third kappa shape index (κ3) is 4.22. The Kier molecular flexibility index (Phi) is 4.78. The molecule has 1 aromatic heterocycles. The number of hydrogen-bond acceptors (Lipinski definition) is 5. The summed E-state index contributed by atoms with van der Waals surface area (Å²) >= 11 is 1.34. The number of aromatic nitrogens is 1. The Morgan fingerprint density at radius 1 is 1.19 bits per heavy atom. The van der Waals surface area contributed by atoms with Crippen LogP contribution in [0.2, 0.25) is 0 Å². The van der Waals surface area contributed by atoms with E-state index in [0.29, 0.717) is 5.69 Å². The van der Waals surface area contributed by atoms with E-state index >= 15 is 0 Å². The second kappa shape index (κ2) is 6.76. The van der Waals surface area contributed by atoms with Crippen molar-refractivity contribution in [3.8, 4) is 5.75 Å². The van der Waals surface area contributed by atoms with Gasteiger partial charge in [0.05, 0.1) is 5.75 Å². The number of benzene rings is 1. The molecule has 6 nitrogen and oxygen atoms in total. The SMILES string of the molecule is O=C(CSc1ccncc1)Nc1ccc(O)c(C(=O)O)c1. The summed E-state index contributed by atoms with van der Waals surface area (Å²) in [5.41, 5.74) is 0.0696. The summed E-state index contributed by atoms with van der Waals surface area (Å²) in [6.07, 6.45) is 3.28. The Hall–Kier alpha value is -2.54. The maximum atomic E-state index is 11.8. The maximum absolute atomic E-state index is 11.8. The molecular formula is C14H12N2O4S. The second-order valence-electron chi connectivity index (χ2n) is 4.06. The van der Waals surface area contributed by atoms with E-state index < -0.39 is 5.97 Å². The van der Waals surface area contributed by atoms with Gasteiger partial charge in [0.1, 0.15) is 11.3 Å². The first-order valence-corrected chi connectivity index (χ1v) is 6.94. The lowest BCUT2D eigenvalue weighted by molar-refractivity contribution is -0.113.